The van der Waals surface area contributed by atoms with Gasteiger partial charge in [0.2, 0.25) is 0 Å². The van der Waals surface area contributed by atoms with Gasteiger partial charge in [-0.25, -0.2) is 0 Å². The first-order chi connectivity index (χ1) is 4.93. The van der Waals surface area contributed by atoms with Crippen LogP contribution < -0.4 is 10.6 Å². The van der Waals surface area contributed by atoms with Crippen LogP contribution >= 0.6 is 0 Å². The number of nitrogens with zero attached hydrogens (tertiary/aromatic N) is 1. The fraction of sp³-hybridized carbons (Fsp3) is 0.833. The van der Waals surface area contributed by atoms with Gasteiger partial charge in [-0.2, -0.15) is 0 Å². The molecular formula is C6H13N3O. The lowest BCUT2D eigenvalue weighted by Crippen LogP contribution is -2.23. The molecule has 0 atom stereocenters. The predicted octanol–water partition coefficient (Wildman–Crippen LogP) is -0.818. The van der Waals surface area contributed by atoms with Crippen molar-refractivity contribution in [3.05, 3.63) is 0 Å². The zero-order valence-corrected chi connectivity index (χ0v) is 6.18. The summed E-state index contributed by atoms with van der Waals surface area (Å²) in [5.74, 6) is 0. The molecule has 1 aliphatic heterocycles. The van der Waals surface area contributed by atoms with Crippen LogP contribution in [0.4, 0.5) is 0 Å². The summed E-state index contributed by atoms with van der Waals surface area (Å²) < 4.78 is 0. The van der Waals surface area contributed by atoms with Crippen molar-refractivity contribution < 1.29 is 4.84 Å². The van der Waals surface area contributed by atoms with E-state index >= 15 is 0 Å². The Morgan fingerprint density at radius 2 is 1.90 bits per heavy atom. The zero-order valence-electron chi connectivity index (χ0n) is 6.18. The SMILES string of the molecule is CON=C1CNCCNC1. The standard InChI is InChI=1S/C6H13N3O/c1-10-9-6-4-7-2-3-8-5-6/h7-8H,2-5H2,1H3. The molecule has 10 heavy (non-hydrogen) atoms. The second-order valence-electron chi connectivity index (χ2n) is 2.19. The van der Waals surface area contributed by atoms with E-state index in [9.17, 15) is 0 Å². The molecule has 58 valence electrons. The van der Waals surface area contributed by atoms with Crippen LogP contribution in [0.25, 0.3) is 0 Å². The van der Waals surface area contributed by atoms with Gasteiger partial charge in [-0.15, -0.1) is 0 Å². The quantitative estimate of drug-likeness (QED) is 0.471. The minimum Gasteiger partial charge on any atom is -0.399 e. The smallest absolute Gasteiger partial charge is 0.106 e. The average molecular weight is 143 g/mol. The molecule has 1 fully saturated rings. The summed E-state index contributed by atoms with van der Waals surface area (Å²) in [6.45, 7) is 3.67. The molecule has 0 bridgehead atoms. The summed E-state index contributed by atoms with van der Waals surface area (Å²) in [7, 11) is 1.57. The molecule has 0 radical (unpaired) electrons. The zero-order chi connectivity index (χ0) is 7.23. The predicted molar refractivity (Wildman–Crippen MR) is 40.2 cm³/mol. The van der Waals surface area contributed by atoms with Gasteiger partial charge in [-0.05, 0) is 0 Å². The molecule has 0 spiro atoms. The van der Waals surface area contributed by atoms with E-state index in [1.54, 1.807) is 7.11 Å². The molecule has 0 aromatic heterocycles. The summed E-state index contributed by atoms with van der Waals surface area (Å²) >= 11 is 0. The first-order valence-electron chi connectivity index (χ1n) is 3.44. The molecule has 1 aliphatic rings. The lowest BCUT2D eigenvalue weighted by atomic mass is 10.4. The molecule has 0 aliphatic carbocycles. The highest BCUT2D eigenvalue weighted by Crippen LogP contribution is 1.80. The van der Waals surface area contributed by atoms with Crippen molar-refractivity contribution in [2.24, 2.45) is 5.16 Å². The number of hydrogen-bond donors (Lipinski definition) is 2. The third-order valence-corrected chi connectivity index (χ3v) is 1.36. The van der Waals surface area contributed by atoms with Gasteiger partial charge in [-0.3, -0.25) is 0 Å². The van der Waals surface area contributed by atoms with Gasteiger partial charge < -0.3 is 15.5 Å². The average Bonchev–Trinajstić information content (AvgIpc) is 2.17. The van der Waals surface area contributed by atoms with Crippen LogP contribution in [0.2, 0.25) is 0 Å². The highest BCUT2D eigenvalue weighted by molar-refractivity contribution is 5.88. The van der Waals surface area contributed by atoms with Gasteiger partial charge in [0, 0.05) is 26.2 Å². The first-order valence-corrected chi connectivity index (χ1v) is 3.44. The van der Waals surface area contributed by atoms with Crippen LogP contribution in [0.3, 0.4) is 0 Å². The summed E-state index contributed by atoms with van der Waals surface area (Å²) in [5.41, 5.74) is 1.03. The summed E-state index contributed by atoms with van der Waals surface area (Å²) in [6.07, 6.45) is 0. The van der Waals surface area contributed by atoms with Crippen LogP contribution in [-0.2, 0) is 4.84 Å². The molecule has 1 rings (SSSR count). The maximum Gasteiger partial charge on any atom is 0.106 e. The lowest BCUT2D eigenvalue weighted by Gasteiger charge is -1.98. The van der Waals surface area contributed by atoms with Crippen LogP contribution in [-0.4, -0.2) is 39.0 Å². The number of nitrogens with one attached hydrogen (secondary N) is 2. The van der Waals surface area contributed by atoms with Gasteiger partial charge in [-0.1, -0.05) is 5.16 Å². The second-order valence-corrected chi connectivity index (χ2v) is 2.19. The Labute approximate surface area is 60.6 Å². The molecule has 4 heteroatoms. The van der Waals surface area contributed by atoms with Gasteiger partial charge >= 0.3 is 0 Å². The number of oxime groups is 1. The molecule has 4 nitrogen and oxygen atoms in total. The van der Waals surface area contributed by atoms with Crippen molar-refractivity contribution in [1.29, 1.82) is 0 Å². The highest BCUT2D eigenvalue weighted by atomic mass is 16.6. The normalized spacial score (nSPS) is 19.9. The second kappa shape index (κ2) is 4.24. The van der Waals surface area contributed by atoms with Crippen LogP contribution in [0.15, 0.2) is 5.16 Å². The van der Waals surface area contributed by atoms with E-state index in [1.165, 1.54) is 0 Å². The Morgan fingerprint density at radius 1 is 1.30 bits per heavy atom. The van der Waals surface area contributed by atoms with Crippen LogP contribution in [0.1, 0.15) is 0 Å². The fourth-order valence-electron chi connectivity index (χ4n) is 0.898. The van der Waals surface area contributed by atoms with E-state index in [0.29, 0.717) is 0 Å². The molecule has 0 aromatic carbocycles. The minimum atomic E-state index is 0.834. The van der Waals surface area contributed by atoms with E-state index in [-0.39, 0.29) is 0 Å². The van der Waals surface area contributed by atoms with Crippen molar-refractivity contribution in [2.75, 3.05) is 33.3 Å². The minimum absolute atomic E-state index is 0.834. The fourth-order valence-corrected chi connectivity index (χ4v) is 0.898. The first kappa shape index (κ1) is 7.50. The van der Waals surface area contributed by atoms with Crippen molar-refractivity contribution in [2.45, 2.75) is 0 Å². The molecule has 0 saturated carbocycles. The Hall–Kier alpha value is -0.610. The summed E-state index contributed by atoms with van der Waals surface area (Å²) in [6, 6.07) is 0. The molecule has 1 saturated heterocycles. The van der Waals surface area contributed by atoms with Gasteiger partial charge in [0.1, 0.15) is 7.11 Å². The van der Waals surface area contributed by atoms with E-state index in [1.807, 2.05) is 0 Å². The lowest BCUT2D eigenvalue weighted by molar-refractivity contribution is 0.212. The van der Waals surface area contributed by atoms with E-state index in [4.69, 9.17) is 0 Å². The van der Waals surface area contributed by atoms with Gasteiger partial charge in [0.15, 0.2) is 0 Å². The summed E-state index contributed by atoms with van der Waals surface area (Å²) in [5, 5.41) is 10.3. The largest absolute Gasteiger partial charge is 0.399 e. The highest BCUT2D eigenvalue weighted by Gasteiger charge is 2.02. The Balaban J connectivity index is 2.35. The monoisotopic (exact) mass is 143 g/mol. The maximum absolute atomic E-state index is 4.64. The van der Waals surface area contributed by atoms with Crippen molar-refractivity contribution >= 4 is 5.71 Å². The van der Waals surface area contributed by atoms with Crippen LogP contribution in [0, 0.1) is 0 Å². The topological polar surface area (TPSA) is 45.6 Å². The number of hydrogen-bond acceptors (Lipinski definition) is 4. The van der Waals surface area contributed by atoms with Crippen molar-refractivity contribution in [1.82, 2.24) is 10.6 Å². The number of rotatable bonds is 1. The Morgan fingerprint density at radius 3 is 2.40 bits per heavy atom. The van der Waals surface area contributed by atoms with Gasteiger partial charge in [0.05, 0.1) is 5.71 Å². The van der Waals surface area contributed by atoms with Crippen LogP contribution in [0.5, 0.6) is 0 Å². The Bertz CT molecular complexity index is 114. The molecule has 0 unspecified atom stereocenters. The summed E-state index contributed by atoms with van der Waals surface area (Å²) in [4.78, 5) is 4.64. The van der Waals surface area contributed by atoms with E-state index in [2.05, 4.69) is 20.6 Å². The molecule has 1 heterocycles. The maximum atomic E-state index is 4.64. The van der Waals surface area contributed by atoms with E-state index < -0.39 is 0 Å². The molecule has 2 N–H and O–H groups in total. The molecule has 0 amide bonds. The van der Waals surface area contributed by atoms with Crippen molar-refractivity contribution in [3.63, 3.8) is 0 Å². The Kier molecular flexibility index (Phi) is 3.18. The molecule has 0 aromatic rings. The van der Waals surface area contributed by atoms with E-state index in [0.717, 1.165) is 31.9 Å². The molecular weight excluding hydrogens is 130 g/mol. The third-order valence-electron chi connectivity index (χ3n) is 1.36. The van der Waals surface area contributed by atoms with Gasteiger partial charge in [0.25, 0.3) is 0 Å². The van der Waals surface area contributed by atoms with Crippen molar-refractivity contribution in [3.8, 4) is 0 Å². The third kappa shape index (κ3) is 2.33.